The number of benzene rings is 1. The normalized spacial score (nSPS) is 15.4. The number of thioether (sulfide) groups is 1. The fraction of sp³-hybridized carbons (Fsp3) is 0.500. The summed E-state index contributed by atoms with van der Waals surface area (Å²) in [5.74, 6) is 0.944. The van der Waals surface area contributed by atoms with Crippen LogP contribution in [0.5, 0.6) is 0 Å². The third kappa shape index (κ3) is 3.81. The van der Waals surface area contributed by atoms with Gasteiger partial charge in [0, 0.05) is 27.2 Å². The van der Waals surface area contributed by atoms with E-state index < -0.39 is 0 Å². The number of nitrogens with zero attached hydrogens (tertiary/aromatic N) is 5. The highest BCUT2D eigenvalue weighted by Gasteiger charge is 2.25. The molecule has 1 fully saturated rings. The van der Waals surface area contributed by atoms with Crippen LogP contribution in [0.3, 0.4) is 0 Å². The van der Waals surface area contributed by atoms with Crippen LogP contribution in [-0.4, -0.2) is 58.0 Å². The van der Waals surface area contributed by atoms with Crippen molar-refractivity contribution in [3.8, 4) is 5.69 Å². The minimum atomic E-state index is -0.213. The summed E-state index contributed by atoms with van der Waals surface area (Å²) in [7, 11) is 3.56. The summed E-state index contributed by atoms with van der Waals surface area (Å²) in [4.78, 5) is 16.1. The molecule has 1 saturated heterocycles. The van der Waals surface area contributed by atoms with E-state index in [0.717, 1.165) is 29.9 Å². The Morgan fingerprint density at radius 1 is 1.16 bits per heavy atom. The molecule has 1 aromatic heterocycles. The largest absolute Gasteiger partial charge is 0.348 e. The van der Waals surface area contributed by atoms with Crippen molar-refractivity contribution in [1.29, 1.82) is 0 Å². The van der Waals surface area contributed by atoms with Gasteiger partial charge in [0.15, 0.2) is 5.16 Å². The molecule has 1 aliphatic rings. The number of hydrogen-bond acceptors (Lipinski definition) is 5. The Bertz CT molecular complexity index is 734. The first kappa shape index (κ1) is 17.8. The van der Waals surface area contributed by atoms with Gasteiger partial charge < -0.3 is 9.80 Å². The van der Waals surface area contributed by atoms with Gasteiger partial charge in [0.2, 0.25) is 11.9 Å². The van der Waals surface area contributed by atoms with Crippen molar-refractivity contribution < 1.29 is 4.79 Å². The predicted molar refractivity (Wildman–Crippen MR) is 102 cm³/mol. The Labute approximate surface area is 153 Å². The van der Waals surface area contributed by atoms with Gasteiger partial charge in [-0.05, 0) is 38.8 Å². The molecule has 0 spiro atoms. The van der Waals surface area contributed by atoms with Gasteiger partial charge >= 0.3 is 0 Å². The van der Waals surface area contributed by atoms with Crippen LogP contribution in [0.1, 0.15) is 25.3 Å². The Morgan fingerprint density at radius 3 is 2.40 bits per heavy atom. The molecule has 2 aromatic rings. The lowest BCUT2D eigenvalue weighted by Gasteiger charge is -2.20. The van der Waals surface area contributed by atoms with E-state index in [9.17, 15) is 4.79 Å². The minimum Gasteiger partial charge on any atom is -0.348 e. The second kappa shape index (κ2) is 7.47. The van der Waals surface area contributed by atoms with Gasteiger partial charge in [0.1, 0.15) is 0 Å². The first-order valence-electron chi connectivity index (χ1n) is 8.62. The monoisotopic (exact) mass is 359 g/mol. The summed E-state index contributed by atoms with van der Waals surface area (Å²) in [6.07, 6.45) is 2.36. The van der Waals surface area contributed by atoms with E-state index in [-0.39, 0.29) is 11.2 Å². The topological polar surface area (TPSA) is 54.3 Å². The highest BCUT2D eigenvalue weighted by molar-refractivity contribution is 8.00. The molecule has 0 N–H and O–H groups in total. The Kier molecular flexibility index (Phi) is 5.32. The molecule has 0 radical (unpaired) electrons. The van der Waals surface area contributed by atoms with Crippen molar-refractivity contribution in [2.45, 2.75) is 37.1 Å². The fourth-order valence-corrected chi connectivity index (χ4v) is 3.96. The van der Waals surface area contributed by atoms with Crippen LogP contribution in [0.4, 0.5) is 5.95 Å². The van der Waals surface area contributed by atoms with E-state index in [1.165, 1.54) is 30.2 Å². The summed E-state index contributed by atoms with van der Waals surface area (Å²) in [5, 5.41) is 9.40. The first-order valence-corrected chi connectivity index (χ1v) is 9.50. The number of carbonyl (C=O) groups is 1. The molecule has 1 aliphatic heterocycles. The van der Waals surface area contributed by atoms with Crippen LogP contribution in [0.2, 0.25) is 0 Å². The van der Waals surface area contributed by atoms with Crippen LogP contribution in [-0.2, 0) is 4.79 Å². The molecule has 2 heterocycles. The van der Waals surface area contributed by atoms with Gasteiger partial charge in [-0.15, -0.1) is 10.2 Å². The number of hydrogen-bond donors (Lipinski definition) is 0. The third-order valence-electron chi connectivity index (χ3n) is 4.37. The zero-order valence-corrected chi connectivity index (χ0v) is 16.1. The maximum absolute atomic E-state index is 12.2. The van der Waals surface area contributed by atoms with Crippen molar-refractivity contribution in [3.05, 3.63) is 29.8 Å². The Hall–Kier alpha value is -2.02. The predicted octanol–water partition coefficient (Wildman–Crippen LogP) is 2.74. The van der Waals surface area contributed by atoms with E-state index in [2.05, 4.69) is 50.9 Å². The van der Waals surface area contributed by atoms with E-state index in [0.29, 0.717) is 0 Å². The standard InChI is InChI=1S/C18H25N5OS/c1-13-7-9-15(10-8-13)23-17(22-11-5-6-12-22)19-20-18(23)25-14(2)16(24)21(3)4/h7-10,14H,5-6,11-12H2,1-4H3/t14-/m0/s1. The Morgan fingerprint density at radius 2 is 1.80 bits per heavy atom. The lowest BCUT2D eigenvalue weighted by Crippen LogP contribution is -2.30. The Balaban J connectivity index is 1.97. The molecule has 0 bridgehead atoms. The maximum Gasteiger partial charge on any atom is 0.235 e. The second-order valence-corrected chi connectivity index (χ2v) is 7.95. The number of aromatic nitrogens is 3. The number of carbonyl (C=O) groups excluding carboxylic acids is 1. The summed E-state index contributed by atoms with van der Waals surface area (Å²) in [5.41, 5.74) is 2.24. The molecular weight excluding hydrogens is 334 g/mol. The highest BCUT2D eigenvalue weighted by Crippen LogP contribution is 2.31. The average molecular weight is 359 g/mol. The van der Waals surface area contributed by atoms with E-state index in [1.807, 2.05) is 6.92 Å². The molecular formula is C18H25N5OS. The number of amides is 1. The van der Waals surface area contributed by atoms with Gasteiger partial charge in [0.25, 0.3) is 0 Å². The molecule has 25 heavy (non-hydrogen) atoms. The molecule has 0 unspecified atom stereocenters. The van der Waals surface area contributed by atoms with Gasteiger partial charge in [-0.1, -0.05) is 29.5 Å². The number of rotatable bonds is 5. The smallest absolute Gasteiger partial charge is 0.235 e. The summed E-state index contributed by atoms with van der Waals surface area (Å²) < 4.78 is 2.08. The fourth-order valence-electron chi connectivity index (χ4n) is 2.95. The lowest BCUT2D eigenvalue weighted by atomic mass is 10.2. The molecule has 1 atom stereocenters. The summed E-state index contributed by atoms with van der Waals surface area (Å²) >= 11 is 1.46. The van der Waals surface area contributed by atoms with Crippen LogP contribution >= 0.6 is 11.8 Å². The number of anilines is 1. The quantitative estimate of drug-likeness (QED) is 0.769. The van der Waals surface area contributed by atoms with Crippen molar-refractivity contribution >= 4 is 23.6 Å². The van der Waals surface area contributed by atoms with Crippen LogP contribution in [0.15, 0.2) is 29.4 Å². The zero-order valence-electron chi connectivity index (χ0n) is 15.3. The SMILES string of the molecule is Cc1ccc(-n2c(S[C@@H](C)C(=O)N(C)C)nnc2N2CCCC2)cc1. The lowest BCUT2D eigenvalue weighted by molar-refractivity contribution is -0.127. The van der Waals surface area contributed by atoms with Crippen molar-refractivity contribution in [3.63, 3.8) is 0 Å². The minimum absolute atomic E-state index is 0.0752. The van der Waals surface area contributed by atoms with Crippen molar-refractivity contribution in [2.24, 2.45) is 0 Å². The van der Waals surface area contributed by atoms with Gasteiger partial charge in [-0.3, -0.25) is 9.36 Å². The van der Waals surface area contributed by atoms with E-state index >= 15 is 0 Å². The highest BCUT2D eigenvalue weighted by atomic mass is 32.2. The molecule has 1 aromatic carbocycles. The maximum atomic E-state index is 12.2. The molecule has 1 amide bonds. The average Bonchev–Trinajstić information content (AvgIpc) is 3.24. The molecule has 7 heteroatoms. The second-order valence-electron chi connectivity index (χ2n) is 6.64. The van der Waals surface area contributed by atoms with Gasteiger partial charge in [-0.25, -0.2) is 0 Å². The van der Waals surface area contributed by atoms with Gasteiger partial charge in [0.05, 0.1) is 10.9 Å². The molecule has 0 saturated carbocycles. The molecule has 3 rings (SSSR count). The number of aryl methyl sites for hydroxylation is 1. The summed E-state index contributed by atoms with van der Waals surface area (Å²) in [6.45, 7) is 5.99. The molecule has 0 aliphatic carbocycles. The first-order chi connectivity index (χ1) is 12.0. The molecule has 6 nitrogen and oxygen atoms in total. The van der Waals surface area contributed by atoms with Gasteiger partial charge in [-0.2, -0.15) is 0 Å². The molecule has 134 valence electrons. The van der Waals surface area contributed by atoms with Crippen molar-refractivity contribution in [2.75, 3.05) is 32.1 Å². The van der Waals surface area contributed by atoms with Crippen LogP contribution in [0.25, 0.3) is 5.69 Å². The summed E-state index contributed by atoms with van der Waals surface area (Å²) in [6, 6.07) is 8.35. The zero-order chi connectivity index (χ0) is 18.0. The van der Waals surface area contributed by atoms with E-state index in [1.54, 1.807) is 19.0 Å². The van der Waals surface area contributed by atoms with Crippen molar-refractivity contribution in [1.82, 2.24) is 19.7 Å². The third-order valence-corrected chi connectivity index (χ3v) is 5.40. The van der Waals surface area contributed by atoms with Crippen LogP contribution in [0, 0.1) is 6.92 Å². The van der Waals surface area contributed by atoms with Crippen LogP contribution < -0.4 is 4.90 Å². The van der Waals surface area contributed by atoms with E-state index in [4.69, 9.17) is 0 Å².